The molecular weight excluding hydrogens is 260 g/mol. The third-order valence-corrected chi connectivity index (χ3v) is 4.89. The highest BCUT2D eigenvalue weighted by Gasteiger charge is 2.26. The van der Waals surface area contributed by atoms with Gasteiger partial charge in [-0.25, -0.2) is 0 Å². The molecule has 0 aliphatic heterocycles. The number of unbranched alkanes of at least 4 members (excludes halogenated alkanes) is 2. The summed E-state index contributed by atoms with van der Waals surface area (Å²) in [4.78, 5) is 10.9. The van der Waals surface area contributed by atoms with Gasteiger partial charge in [0.05, 0.1) is 0 Å². The molecule has 1 N–H and O–H groups in total. The van der Waals surface area contributed by atoms with Crippen LogP contribution in [-0.2, 0) is 11.2 Å². The number of carboxylic acids is 1. The molecule has 0 bridgehead atoms. The smallest absolute Gasteiger partial charge is 0.303 e. The highest BCUT2D eigenvalue weighted by atomic mass is 16.4. The maximum atomic E-state index is 10.9. The van der Waals surface area contributed by atoms with Gasteiger partial charge >= 0.3 is 5.97 Å². The van der Waals surface area contributed by atoms with Crippen molar-refractivity contribution in [2.45, 2.75) is 64.2 Å². The number of rotatable bonds is 8. The van der Waals surface area contributed by atoms with Crippen molar-refractivity contribution in [3.63, 3.8) is 0 Å². The van der Waals surface area contributed by atoms with Gasteiger partial charge in [0.1, 0.15) is 0 Å². The maximum absolute atomic E-state index is 10.9. The fourth-order valence-electron chi connectivity index (χ4n) is 3.71. The van der Waals surface area contributed by atoms with Gasteiger partial charge in [-0.2, -0.15) is 0 Å². The van der Waals surface area contributed by atoms with Gasteiger partial charge in [0.25, 0.3) is 0 Å². The number of hydrogen-bond acceptors (Lipinski definition) is 1. The third kappa shape index (κ3) is 5.91. The molecule has 2 heteroatoms. The summed E-state index contributed by atoms with van der Waals surface area (Å²) in [5.41, 5.74) is 1.43. The summed E-state index contributed by atoms with van der Waals surface area (Å²) in [6.45, 7) is 0. The second-order valence-corrected chi connectivity index (χ2v) is 6.49. The zero-order valence-electron chi connectivity index (χ0n) is 13.0. The van der Waals surface area contributed by atoms with Crippen LogP contribution in [0.25, 0.3) is 0 Å². The zero-order chi connectivity index (χ0) is 14.9. The first-order chi connectivity index (χ1) is 10.3. The number of carbonyl (C=O) groups is 1. The van der Waals surface area contributed by atoms with Gasteiger partial charge in [0.2, 0.25) is 0 Å². The first-order valence-electron chi connectivity index (χ1n) is 8.51. The van der Waals surface area contributed by atoms with E-state index in [0.29, 0.717) is 18.3 Å². The molecule has 1 aliphatic carbocycles. The summed E-state index contributed by atoms with van der Waals surface area (Å²) >= 11 is 0. The van der Waals surface area contributed by atoms with Crippen molar-refractivity contribution in [1.29, 1.82) is 0 Å². The molecule has 0 aromatic heterocycles. The van der Waals surface area contributed by atoms with Crippen LogP contribution in [0.4, 0.5) is 0 Å². The SMILES string of the molecule is O=C(O)C[C@H]1CCCC[C@@H]1CCCCCc1ccccc1. The van der Waals surface area contributed by atoms with Crippen molar-refractivity contribution in [3.8, 4) is 0 Å². The molecule has 21 heavy (non-hydrogen) atoms. The van der Waals surface area contributed by atoms with E-state index in [1.54, 1.807) is 0 Å². The molecule has 1 aromatic carbocycles. The molecule has 2 atom stereocenters. The van der Waals surface area contributed by atoms with Crippen molar-refractivity contribution >= 4 is 5.97 Å². The first kappa shape index (κ1) is 16.1. The Balaban J connectivity index is 1.63. The van der Waals surface area contributed by atoms with Gasteiger partial charge in [0, 0.05) is 6.42 Å². The van der Waals surface area contributed by atoms with Crippen molar-refractivity contribution in [3.05, 3.63) is 35.9 Å². The number of aliphatic carboxylic acids is 1. The minimum atomic E-state index is -0.615. The van der Waals surface area contributed by atoms with Gasteiger partial charge in [-0.05, 0) is 36.7 Å². The predicted molar refractivity (Wildman–Crippen MR) is 86.3 cm³/mol. The van der Waals surface area contributed by atoms with Crippen LogP contribution in [0.1, 0.15) is 63.4 Å². The topological polar surface area (TPSA) is 37.3 Å². The van der Waals surface area contributed by atoms with E-state index in [9.17, 15) is 4.79 Å². The molecule has 2 rings (SSSR count). The molecule has 0 saturated heterocycles. The van der Waals surface area contributed by atoms with Crippen LogP contribution in [0.15, 0.2) is 30.3 Å². The lowest BCUT2D eigenvalue weighted by molar-refractivity contribution is -0.138. The van der Waals surface area contributed by atoms with Crippen molar-refractivity contribution in [2.24, 2.45) is 11.8 Å². The largest absolute Gasteiger partial charge is 0.481 e. The van der Waals surface area contributed by atoms with Crippen molar-refractivity contribution < 1.29 is 9.90 Å². The lowest BCUT2D eigenvalue weighted by atomic mass is 9.75. The number of aryl methyl sites for hydroxylation is 1. The van der Waals surface area contributed by atoms with Crippen LogP contribution in [0.3, 0.4) is 0 Å². The quantitative estimate of drug-likeness (QED) is 0.678. The Morgan fingerprint density at radius 1 is 1.00 bits per heavy atom. The summed E-state index contributed by atoms with van der Waals surface area (Å²) in [6, 6.07) is 10.7. The Bertz CT molecular complexity index is 413. The molecule has 0 unspecified atom stereocenters. The standard InChI is InChI=1S/C19H28O2/c20-19(21)15-18-14-8-7-13-17(18)12-6-2-5-11-16-9-3-1-4-10-16/h1,3-4,9-10,17-18H,2,5-8,11-15H2,(H,20,21)/t17-,18+/m0/s1. The van der Waals surface area contributed by atoms with Crippen LogP contribution in [0, 0.1) is 11.8 Å². The summed E-state index contributed by atoms with van der Waals surface area (Å²) in [5, 5.41) is 9.02. The molecule has 1 saturated carbocycles. The second kappa shape index (κ2) is 8.86. The van der Waals surface area contributed by atoms with Gasteiger partial charge in [0.15, 0.2) is 0 Å². The Morgan fingerprint density at radius 3 is 2.43 bits per heavy atom. The van der Waals surface area contributed by atoms with Crippen LogP contribution in [-0.4, -0.2) is 11.1 Å². The molecule has 0 heterocycles. The van der Waals surface area contributed by atoms with E-state index < -0.39 is 5.97 Å². The molecule has 1 aromatic rings. The lowest BCUT2D eigenvalue weighted by Gasteiger charge is -2.30. The Labute approximate surface area is 128 Å². The fourth-order valence-corrected chi connectivity index (χ4v) is 3.71. The molecule has 116 valence electrons. The summed E-state index contributed by atoms with van der Waals surface area (Å²) in [6.07, 6.45) is 11.5. The molecule has 0 amide bonds. The molecule has 1 aliphatic rings. The predicted octanol–water partition coefficient (Wildman–Crippen LogP) is 5.07. The normalized spacial score (nSPS) is 22.1. The van der Waals surface area contributed by atoms with Crippen LogP contribution < -0.4 is 0 Å². The van der Waals surface area contributed by atoms with Crippen LogP contribution >= 0.6 is 0 Å². The van der Waals surface area contributed by atoms with E-state index in [1.807, 2.05) is 0 Å². The Kier molecular flexibility index (Phi) is 6.78. The number of carboxylic acid groups (broad SMARTS) is 1. The van der Waals surface area contributed by atoms with Gasteiger partial charge < -0.3 is 5.11 Å². The average molecular weight is 288 g/mol. The molecule has 1 fully saturated rings. The van der Waals surface area contributed by atoms with E-state index in [2.05, 4.69) is 30.3 Å². The first-order valence-corrected chi connectivity index (χ1v) is 8.51. The van der Waals surface area contributed by atoms with Gasteiger partial charge in [-0.3, -0.25) is 4.79 Å². The summed E-state index contributed by atoms with van der Waals surface area (Å²) in [5.74, 6) is 0.480. The fraction of sp³-hybridized carbons (Fsp3) is 0.632. The van der Waals surface area contributed by atoms with E-state index in [0.717, 1.165) is 6.42 Å². The van der Waals surface area contributed by atoms with Crippen molar-refractivity contribution in [1.82, 2.24) is 0 Å². The summed E-state index contributed by atoms with van der Waals surface area (Å²) in [7, 11) is 0. The minimum Gasteiger partial charge on any atom is -0.481 e. The van der Waals surface area contributed by atoms with E-state index in [1.165, 1.54) is 56.9 Å². The molecular formula is C19H28O2. The van der Waals surface area contributed by atoms with Crippen molar-refractivity contribution in [2.75, 3.05) is 0 Å². The minimum absolute atomic E-state index is 0.384. The Morgan fingerprint density at radius 2 is 1.71 bits per heavy atom. The highest BCUT2D eigenvalue weighted by molar-refractivity contribution is 5.67. The molecule has 2 nitrogen and oxygen atoms in total. The Hall–Kier alpha value is -1.31. The van der Waals surface area contributed by atoms with Gasteiger partial charge in [-0.15, -0.1) is 0 Å². The molecule has 0 radical (unpaired) electrons. The number of benzene rings is 1. The van der Waals surface area contributed by atoms with Gasteiger partial charge in [-0.1, -0.05) is 68.9 Å². The number of hydrogen-bond donors (Lipinski definition) is 1. The van der Waals surface area contributed by atoms with E-state index in [4.69, 9.17) is 5.11 Å². The lowest BCUT2D eigenvalue weighted by Crippen LogP contribution is -2.22. The molecule has 0 spiro atoms. The van der Waals surface area contributed by atoms with Crippen LogP contribution in [0.2, 0.25) is 0 Å². The third-order valence-electron chi connectivity index (χ3n) is 4.89. The maximum Gasteiger partial charge on any atom is 0.303 e. The van der Waals surface area contributed by atoms with E-state index >= 15 is 0 Å². The second-order valence-electron chi connectivity index (χ2n) is 6.49. The zero-order valence-corrected chi connectivity index (χ0v) is 13.0. The van der Waals surface area contributed by atoms with E-state index in [-0.39, 0.29) is 0 Å². The summed E-state index contributed by atoms with van der Waals surface area (Å²) < 4.78 is 0. The average Bonchev–Trinajstić information content (AvgIpc) is 2.49. The monoisotopic (exact) mass is 288 g/mol. The van der Waals surface area contributed by atoms with Crippen LogP contribution in [0.5, 0.6) is 0 Å². The highest BCUT2D eigenvalue weighted by Crippen LogP contribution is 2.35.